The highest BCUT2D eigenvalue weighted by Gasteiger charge is 2.36. The summed E-state index contributed by atoms with van der Waals surface area (Å²) in [6.07, 6.45) is 2.55. The number of carbonyl (C=O) groups is 1. The highest BCUT2D eigenvalue weighted by Crippen LogP contribution is 2.33. The average Bonchev–Trinajstić information content (AvgIpc) is 2.93. The lowest BCUT2D eigenvalue weighted by atomic mass is 9.79. The maximum atomic E-state index is 11.6. The summed E-state index contributed by atoms with van der Waals surface area (Å²) in [5, 5.41) is 12.5. The van der Waals surface area contributed by atoms with E-state index in [0.717, 1.165) is 4.88 Å². The second-order valence-corrected chi connectivity index (χ2v) is 6.36. The van der Waals surface area contributed by atoms with E-state index >= 15 is 0 Å². The smallest absolute Gasteiger partial charge is 0.308 e. The van der Waals surface area contributed by atoms with Crippen molar-refractivity contribution in [3.05, 3.63) is 22.4 Å². The van der Waals surface area contributed by atoms with Crippen LogP contribution in [0.3, 0.4) is 0 Å². The van der Waals surface area contributed by atoms with Crippen LogP contribution in [0.1, 0.15) is 37.5 Å². The quantitative estimate of drug-likeness (QED) is 0.821. The lowest BCUT2D eigenvalue weighted by Gasteiger charge is -2.34. The predicted octanol–water partition coefficient (Wildman–Crippen LogP) is 2.75. The van der Waals surface area contributed by atoms with Gasteiger partial charge in [0.1, 0.15) is 0 Å². The monoisotopic (exact) mass is 298 g/mol. The van der Waals surface area contributed by atoms with Crippen LogP contribution in [0.2, 0.25) is 0 Å². The molecular weight excluding hydrogens is 276 g/mol. The van der Waals surface area contributed by atoms with Gasteiger partial charge in [-0.2, -0.15) is 0 Å². The third kappa shape index (κ3) is 4.30. The minimum absolute atomic E-state index is 0.0625. The van der Waals surface area contributed by atoms with E-state index < -0.39 is 5.60 Å². The van der Waals surface area contributed by atoms with Gasteiger partial charge in [0.2, 0.25) is 0 Å². The molecule has 0 aromatic carbocycles. The summed E-state index contributed by atoms with van der Waals surface area (Å²) in [7, 11) is 0. The van der Waals surface area contributed by atoms with Crippen LogP contribution in [0.5, 0.6) is 0 Å². The molecule has 1 heterocycles. The van der Waals surface area contributed by atoms with Gasteiger partial charge in [-0.15, -0.1) is 11.3 Å². The first-order valence-corrected chi connectivity index (χ1v) is 8.00. The maximum Gasteiger partial charge on any atom is 0.308 e. The van der Waals surface area contributed by atoms with Gasteiger partial charge in [-0.25, -0.2) is 0 Å². The van der Waals surface area contributed by atoms with Crippen LogP contribution in [0.25, 0.3) is 0 Å². The highest BCUT2D eigenvalue weighted by atomic mass is 32.1. The molecule has 112 valence electrons. The van der Waals surface area contributed by atoms with Gasteiger partial charge in [-0.05, 0) is 44.1 Å². The first-order chi connectivity index (χ1) is 9.63. The number of rotatable bonds is 6. The molecule has 0 amide bonds. The Labute approximate surface area is 123 Å². The van der Waals surface area contributed by atoms with Gasteiger partial charge in [0.15, 0.2) is 0 Å². The van der Waals surface area contributed by atoms with Crippen molar-refractivity contribution < 1.29 is 19.4 Å². The zero-order valence-electron chi connectivity index (χ0n) is 11.8. The lowest BCUT2D eigenvalue weighted by molar-refractivity contribution is -0.152. The number of ether oxygens (including phenoxy) is 2. The summed E-state index contributed by atoms with van der Waals surface area (Å²) in [5.41, 5.74) is -0.791. The van der Waals surface area contributed by atoms with E-state index in [1.54, 1.807) is 11.3 Å². The first-order valence-electron chi connectivity index (χ1n) is 7.12. The normalized spacial score (nSPS) is 26.4. The van der Waals surface area contributed by atoms with Crippen LogP contribution >= 0.6 is 11.3 Å². The zero-order chi connectivity index (χ0) is 14.4. The van der Waals surface area contributed by atoms with E-state index in [-0.39, 0.29) is 11.9 Å². The van der Waals surface area contributed by atoms with Crippen LogP contribution in [0.15, 0.2) is 17.5 Å². The van der Waals surface area contributed by atoms with Crippen LogP contribution in [0, 0.1) is 5.92 Å². The van der Waals surface area contributed by atoms with E-state index in [0.29, 0.717) is 45.5 Å². The summed E-state index contributed by atoms with van der Waals surface area (Å²) in [4.78, 5) is 12.8. The predicted molar refractivity (Wildman–Crippen MR) is 77.5 cm³/mol. The number of esters is 1. The zero-order valence-corrected chi connectivity index (χ0v) is 12.7. The van der Waals surface area contributed by atoms with Crippen LogP contribution in [-0.2, 0) is 20.9 Å². The third-order valence-electron chi connectivity index (χ3n) is 3.73. The van der Waals surface area contributed by atoms with Gasteiger partial charge >= 0.3 is 5.97 Å². The molecule has 0 atom stereocenters. The van der Waals surface area contributed by atoms with Crippen molar-refractivity contribution in [1.29, 1.82) is 0 Å². The molecule has 4 nitrogen and oxygen atoms in total. The first kappa shape index (κ1) is 15.5. The van der Waals surface area contributed by atoms with Crippen molar-refractivity contribution in [2.45, 2.75) is 44.8 Å². The second kappa shape index (κ2) is 7.20. The van der Waals surface area contributed by atoms with Crippen molar-refractivity contribution in [2.75, 3.05) is 13.2 Å². The van der Waals surface area contributed by atoms with Crippen molar-refractivity contribution >= 4 is 17.3 Å². The summed E-state index contributed by atoms with van der Waals surface area (Å²) >= 11 is 1.65. The fraction of sp³-hybridized carbons (Fsp3) is 0.667. The Hall–Kier alpha value is -0.910. The number of aliphatic hydroxyl groups is 1. The molecule has 1 N–H and O–H groups in total. The Morgan fingerprint density at radius 1 is 1.50 bits per heavy atom. The SMILES string of the molecule is CCOC(=O)C1CCC(O)(COCc2cccs2)CC1. The Morgan fingerprint density at radius 3 is 2.85 bits per heavy atom. The molecule has 1 saturated carbocycles. The van der Waals surface area contributed by atoms with Gasteiger partial charge in [-0.1, -0.05) is 6.07 Å². The molecule has 0 radical (unpaired) electrons. The molecule has 20 heavy (non-hydrogen) atoms. The van der Waals surface area contributed by atoms with E-state index in [4.69, 9.17) is 9.47 Å². The van der Waals surface area contributed by atoms with E-state index in [2.05, 4.69) is 0 Å². The fourth-order valence-corrected chi connectivity index (χ4v) is 3.17. The number of hydrogen-bond acceptors (Lipinski definition) is 5. The van der Waals surface area contributed by atoms with Gasteiger partial charge in [0.05, 0.1) is 31.3 Å². The molecule has 0 aliphatic heterocycles. The molecule has 0 spiro atoms. The minimum atomic E-state index is -0.791. The highest BCUT2D eigenvalue weighted by molar-refractivity contribution is 7.09. The van der Waals surface area contributed by atoms with Gasteiger partial charge < -0.3 is 14.6 Å². The molecule has 2 rings (SSSR count). The molecule has 1 aromatic heterocycles. The molecule has 0 bridgehead atoms. The fourth-order valence-electron chi connectivity index (χ4n) is 2.53. The molecule has 1 fully saturated rings. The van der Waals surface area contributed by atoms with Gasteiger partial charge in [-0.3, -0.25) is 4.79 Å². The summed E-state index contributed by atoms with van der Waals surface area (Å²) in [6.45, 7) is 3.11. The number of thiophene rings is 1. The molecular formula is C15H22O4S. The van der Waals surface area contributed by atoms with Crippen LogP contribution < -0.4 is 0 Å². The van der Waals surface area contributed by atoms with E-state index in [1.165, 1.54) is 0 Å². The lowest BCUT2D eigenvalue weighted by Crippen LogP contribution is -2.40. The van der Waals surface area contributed by atoms with Crippen molar-refractivity contribution in [1.82, 2.24) is 0 Å². The largest absolute Gasteiger partial charge is 0.466 e. The third-order valence-corrected chi connectivity index (χ3v) is 4.58. The minimum Gasteiger partial charge on any atom is -0.466 e. The molecule has 0 unspecified atom stereocenters. The Balaban J connectivity index is 1.72. The summed E-state index contributed by atoms with van der Waals surface area (Å²) in [6, 6.07) is 4.01. The number of carbonyl (C=O) groups excluding carboxylic acids is 1. The second-order valence-electron chi connectivity index (χ2n) is 5.32. The van der Waals surface area contributed by atoms with Crippen molar-refractivity contribution in [3.63, 3.8) is 0 Å². The van der Waals surface area contributed by atoms with E-state index in [9.17, 15) is 9.90 Å². The maximum absolute atomic E-state index is 11.6. The average molecular weight is 298 g/mol. The van der Waals surface area contributed by atoms with Crippen LogP contribution in [0.4, 0.5) is 0 Å². The number of hydrogen-bond donors (Lipinski definition) is 1. The standard InChI is InChI=1S/C15H22O4S/c1-2-19-14(16)12-5-7-15(17,8-6-12)11-18-10-13-4-3-9-20-13/h3-4,9,12,17H,2,5-8,10-11H2,1H3. The summed E-state index contributed by atoms with van der Waals surface area (Å²) in [5.74, 6) is -0.193. The van der Waals surface area contributed by atoms with Gasteiger partial charge in [0.25, 0.3) is 0 Å². The molecule has 1 aliphatic rings. The van der Waals surface area contributed by atoms with Crippen molar-refractivity contribution in [2.24, 2.45) is 5.92 Å². The molecule has 5 heteroatoms. The van der Waals surface area contributed by atoms with E-state index in [1.807, 2.05) is 24.4 Å². The molecule has 0 saturated heterocycles. The van der Waals surface area contributed by atoms with Crippen LogP contribution in [-0.4, -0.2) is 29.9 Å². The summed E-state index contributed by atoms with van der Waals surface area (Å²) < 4.78 is 10.6. The Bertz CT molecular complexity index is 408. The van der Waals surface area contributed by atoms with Gasteiger partial charge in [0, 0.05) is 4.88 Å². The topological polar surface area (TPSA) is 55.8 Å². The Morgan fingerprint density at radius 2 is 2.25 bits per heavy atom. The Kier molecular flexibility index (Phi) is 5.57. The van der Waals surface area contributed by atoms with Crippen molar-refractivity contribution in [3.8, 4) is 0 Å². The molecule has 1 aromatic rings. The molecule has 1 aliphatic carbocycles.